The lowest BCUT2D eigenvalue weighted by Crippen LogP contribution is -2.63. The molecule has 0 aromatic rings. The molecule has 0 radical (unpaired) electrons. The number of allylic oxidation sites excluding steroid dienone is 1. The highest BCUT2D eigenvalue weighted by Gasteiger charge is 2.69. The van der Waals surface area contributed by atoms with Crippen LogP contribution in [0.1, 0.15) is 86.0 Å². The molecule has 8 rings (SSSR count). The summed E-state index contributed by atoms with van der Waals surface area (Å²) in [6.07, 6.45) is -3.26. The maximum atomic E-state index is 11.1. The van der Waals surface area contributed by atoms with Crippen LogP contribution in [0.3, 0.4) is 0 Å². The van der Waals surface area contributed by atoms with Gasteiger partial charge in [0.2, 0.25) is 0 Å². The summed E-state index contributed by atoms with van der Waals surface area (Å²) < 4.78 is 38.0. The van der Waals surface area contributed by atoms with Crippen molar-refractivity contribution in [3.8, 4) is 0 Å². The van der Waals surface area contributed by atoms with Crippen molar-refractivity contribution >= 4 is 0 Å². The SMILES string of the molecule is CC1CCC2(OC1)OC1CC3C4CC=C5C[C@@H](O)C[C@@H](OC6OCC(O)C(O)C6OC6OC(C)C(O)C(O)C6O)[C@]5(C)C4CC[C@]3(C)C1[C@@H]2C. The standard InChI is InChI=1S/C38H60O12/c1-17-8-11-38(46-15-17)18(2)28-26(50-38)14-24-22-7-6-20-12-21(39)13-27(37(20,5)23(22)9-10-36(24,28)4)48-35-33(30(42)25(40)16-45-35)49-34-32(44)31(43)29(41)19(3)47-34/h6,17-19,21-35,39-44H,7-16H2,1-5H3/t17?,18-,19?,21+,22?,23?,24?,25?,26?,27+,28?,29?,30?,31?,32?,33?,34?,35?,36-,37-,38?/m0/s1. The number of rotatable bonds is 4. The first-order valence-electron chi connectivity index (χ1n) is 19.4. The van der Waals surface area contributed by atoms with E-state index in [9.17, 15) is 30.6 Å². The minimum atomic E-state index is -1.60. The Morgan fingerprint density at radius 3 is 2.34 bits per heavy atom. The fourth-order valence-corrected chi connectivity index (χ4v) is 12.4. The van der Waals surface area contributed by atoms with Gasteiger partial charge in [0.1, 0.15) is 36.6 Å². The van der Waals surface area contributed by atoms with Gasteiger partial charge >= 0.3 is 0 Å². The van der Waals surface area contributed by atoms with Crippen molar-refractivity contribution in [3.63, 3.8) is 0 Å². The van der Waals surface area contributed by atoms with Gasteiger partial charge in [0.25, 0.3) is 0 Å². The van der Waals surface area contributed by atoms with Crippen molar-refractivity contribution in [2.45, 2.75) is 165 Å². The van der Waals surface area contributed by atoms with Crippen LogP contribution in [0.5, 0.6) is 0 Å². The molecular weight excluding hydrogens is 648 g/mol. The maximum Gasteiger partial charge on any atom is 0.187 e. The zero-order valence-electron chi connectivity index (χ0n) is 30.2. The van der Waals surface area contributed by atoms with Gasteiger partial charge in [-0.2, -0.15) is 0 Å². The van der Waals surface area contributed by atoms with Crippen LogP contribution >= 0.6 is 0 Å². The maximum absolute atomic E-state index is 11.1. The number of aliphatic hydroxyl groups is 6. The zero-order valence-corrected chi connectivity index (χ0v) is 30.2. The van der Waals surface area contributed by atoms with Crippen LogP contribution < -0.4 is 0 Å². The predicted molar refractivity (Wildman–Crippen MR) is 177 cm³/mol. The average Bonchev–Trinajstić information content (AvgIpc) is 3.53. The highest BCUT2D eigenvalue weighted by atomic mass is 16.8. The minimum absolute atomic E-state index is 0.134. The molecule has 4 heterocycles. The molecule has 4 aliphatic carbocycles. The molecule has 6 N–H and O–H groups in total. The summed E-state index contributed by atoms with van der Waals surface area (Å²) in [5.74, 6) is 2.08. The van der Waals surface area contributed by atoms with Gasteiger partial charge < -0.3 is 59.1 Å². The summed E-state index contributed by atoms with van der Waals surface area (Å²) in [4.78, 5) is 0. The van der Waals surface area contributed by atoms with Crippen LogP contribution in [0, 0.1) is 46.3 Å². The molecule has 12 nitrogen and oxygen atoms in total. The second kappa shape index (κ2) is 12.9. The van der Waals surface area contributed by atoms with Crippen LogP contribution in [-0.4, -0.2) is 123 Å². The van der Waals surface area contributed by atoms with E-state index in [0.29, 0.717) is 48.3 Å². The normalized spacial score (nSPS) is 59.3. The number of hydrogen-bond acceptors (Lipinski definition) is 12. The third-order valence-corrected chi connectivity index (χ3v) is 15.2. The van der Waals surface area contributed by atoms with Gasteiger partial charge in [-0.05, 0) is 80.5 Å². The highest BCUT2D eigenvalue weighted by Crippen LogP contribution is 2.71. The summed E-state index contributed by atoms with van der Waals surface area (Å²) >= 11 is 0. The quantitative estimate of drug-likeness (QED) is 0.235. The van der Waals surface area contributed by atoms with Gasteiger partial charge in [-0.3, -0.25) is 0 Å². The first-order chi connectivity index (χ1) is 23.7. The van der Waals surface area contributed by atoms with Gasteiger partial charge in [0.05, 0.1) is 37.6 Å². The summed E-state index contributed by atoms with van der Waals surface area (Å²) in [5, 5.41) is 64.1. The second-order valence-corrected chi connectivity index (χ2v) is 17.9. The van der Waals surface area contributed by atoms with Crippen LogP contribution in [0.15, 0.2) is 11.6 Å². The van der Waals surface area contributed by atoms with E-state index in [1.807, 2.05) is 0 Å². The molecule has 12 heteroatoms. The second-order valence-electron chi connectivity index (χ2n) is 17.9. The molecule has 50 heavy (non-hydrogen) atoms. The molecule has 21 atom stereocenters. The molecule has 16 unspecified atom stereocenters. The molecule has 4 aliphatic heterocycles. The molecule has 0 aromatic carbocycles. The van der Waals surface area contributed by atoms with E-state index in [4.69, 9.17) is 28.4 Å². The fraction of sp³-hybridized carbons (Fsp3) is 0.947. The van der Waals surface area contributed by atoms with E-state index in [1.165, 1.54) is 5.57 Å². The zero-order chi connectivity index (χ0) is 35.5. The molecule has 3 saturated carbocycles. The Labute approximate surface area is 295 Å². The Morgan fingerprint density at radius 1 is 0.820 bits per heavy atom. The molecule has 0 aromatic heterocycles. The third-order valence-electron chi connectivity index (χ3n) is 15.2. The predicted octanol–water partition coefficient (Wildman–Crippen LogP) is 2.00. The summed E-state index contributed by atoms with van der Waals surface area (Å²) in [6.45, 7) is 11.5. The smallest absolute Gasteiger partial charge is 0.187 e. The first-order valence-corrected chi connectivity index (χ1v) is 19.4. The summed E-state index contributed by atoms with van der Waals surface area (Å²) in [7, 11) is 0. The molecular formula is C38H60O12. The van der Waals surface area contributed by atoms with Crippen molar-refractivity contribution in [3.05, 3.63) is 11.6 Å². The molecule has 0 amide bonds. The summed E-state index contributed by atoms with van der Waals surface area (Å²) in [6, 6.07) is 0. The van der Waals surface area contributed by atoms with Crippen molar-refractivity contribution in [1.82, 2.24) is 0 Å². The Morgan fingerprint density at radius 2 is 1.60 bits per heavy atom. The Kier molecular flexibility index (Phi) is 9.38. The highest BCUT2D eigenvalue weighted by molar-refractivity contribution is 5.28. The lowest BCUT2D eigenvalue weighted by molar-refractivity contribution is -0.362. The van der Waals surface area contributed by atoms with Gasteiger partial charge in [0.15, 0.2) is 18.4 Å². The lowest BCUT2D eigenvalue weighted by Gasteiger charge is -2.60. The first kappa shape index (κ1) is 36.2. The topological polar surface area (TPSA) is 177 Å². The largest absolute Gasteiger partial charge is 0.393 e. The molecule has 1 spiro atoms. The molecule has 7 fully saturated rings. The number of fused-ring (bicyclic) bond motifs is 7. The van der Waals surface area contributed by atoms with E-state index in [1.54, 1.807) is 6.92 Å². The molecule has 0 bridgehead atoms. The fourth-order valence-electron chi connectivity index (χ4n) is 12.4. The van der Waals surface area contributed by atoms with Gasteiger partial charge in [0, 0.05) is 24.2 Å². The number of ether oxygens (including phenoxy) is 6. The van der Waals surface area contributed by atoms with Crippen molar-refractivity contribution in [2.24, 2.45) is 46.3 Å². The minimum Gasteiger partial charge on any atom is -0.393 e. The monoisotopic (exact) mass is 708 g/mol. The van der Waals surface area contributed by atoms with Crippen LogP contribution in [0.2, 0.25) is 0 Å². The van der Waals surface area contributed by atoms with Gasteiger partial charge in [-0.15, -0.1) is 0 Å². The van der Waals surface area contributed by atoms with E-state index < -0.39 is 78.7 Å². The van der Waals surface area contributed by atoms with Crippen LogP contribution in [0.4, 0.5) is 0 Å². The van der Waals surface area contributed by atoms with Gasteiger partial charge in [-0.25, -0.2) is 0 Å². The number of hydrogen-bond donors (Lipinski definition) is 6. The van der Waals surface area contributed by atoms with E-state index in [2.05, 4.69) is 33.8 Å². The van der Waals surface area contributed by atoms with E-state index >= 15 is 0 Å². The number of aliphatic hydroxyl groups excluding tert-OH is 6. The Bertz CT molecular complexity index is 1290. The van der Waals surface area contributed by atoms with Crippen molar-refractivity contribution < 1.29 is 59.1 Å². The lowest BCUT2D eigenvalue weighted by atomic mass is 9.46. The van der Waals surface area contributed by atoms with Crippen molar-refractivity contribution in [2.75, 3.05) is 13.2 Å². The molecule has 284 valence electrons. The van der Waals surface area contributed by atoms with Gasteiger partial charge in [-0.1, -0.05) is 39.3 Å². The summed E-state index contributed by atoms with van der Waals surface area (Å²) in [5.41, 5.74) is 0.917. The van der Waals surface area contributed by atoms with Crippen LogP contribution in [-0.2, 0) is 28.4 Å². The van der Waals surface area contributed by atoms with Crippen LogP contribution in [0.25, 0.3) is 0 Å². The van der Waals surface area contributed by atoms with E-state index in [0.717, 1.165) is 45.1 Å². The van der Waals surface area contributed by atoms with E-state index in [-0.39, 0.29) is 18.1 Å². The van der Waals surface area contributed by atoms with Crippen molar-refractivity contribution in [1.29, 1.82) is 0 Å². The Hall–Kier alpha value is -0.740. The third kappa shape index (κ3) is 5.45. The Balaban J connectivity index is 1.04. The average molecular weight is 709 g/mol. The molecule has 8 aliphatic rings. The molecule has 4 saturated heterocycles.